The lowest BCUT2D eigenvalue weighted by atomic mass is 10.2. The number of aromatic nitrogens is 3. The van der Waals surface area contributed by atoms with Crippen molar-refractivity contribution in [3.63, 3.8) is 0 Å². The van der Waals surface area contributed by atoms with Crippen molar-refractivity contribution >= 4 is 37.7 Å². The van der Waals surface area contributed by atoms with E-state index in [1.807, 2.05) is 48.0 Å². The first-order valence-electron chi connectivity index (χ1n) is 8.38. The van der Waals surface area contributed by atoms with E-state index in [0.717, 1.165) is 26.3 Å². The van der Waals surface area contributed by atoms with Crippen molar-refractivity contribution < 1.29 is 9.47 Å². The summed E-state index contributed by atoms with van der Waals surface area (Å²) in [5.74, 6) is 1.24. The van der Waals surface area contributed by atoms with Crippen molar-refractivity contribution in [2.45, 2.75) is 6.54 Å². The Labute approximate surface area is 164 Å². The van der Waals surface area contributed by atoms with Crippen LogP contribution in [-0.4, -0.2) is 28.6 Å². The summed E-state index contributed by atoms with van der Waals surface area (Å²) in [6.07, 6.45) is 1.74. The molecule has 138 valence electrons. The summed E-state index contributed by atoms with van der Waals surface area (Å²) in [5, 5.41) is 6.10. The van der Waals surface area contributed by atoms with Crippen molar-refractivity contribution in [3.8, 4) is 11.5 Å². The molecule has 4 rings (SSSR count). The smallest absolute Gasteiger partial charge is 0.291 e. The quantitative estimate of drug-likeness (QED) is 0.497. The summed E-state index contributed by atoms with van der Waals surface area (Å²) in [4.78, 5) is 13.1. The zero-order valence-electron chi connectivity index (χ0n) is 15.2. The van der Waals surface area contributed by atoms with Gasteiger partial charge in [-0.2, -0.15) is 5.10 Å². The molecule has 27 heavy (non-hydrogen) atoms. The van der Waals surface area contributed by atoms with Crippen LogP contribution >= 0.6 is 15.9 Å². The summed E-state index contributed by atoms with van der Waals surface area (Å²) in [6, 6.07) is 11.6. The van der Waals surface area contributed by atoms with Gasteiger partial charge in [0.25, 0.3) is 5.56 Å². The highest BCUT2D eigenvalue weighted by Crippen LogP contribution is 2.36. The van der Waals surface area contributed by atoms with Gasteiger partial charge in [0.15, 0.2) is 11.5 Å². The lowest BCUT2D eigenvalue weighted by molar-refractivity contribution is 0.356. The van der Waals surface area contributed by atoms with Gasteiger partial charge in [-0.3, -0.25) is 4.79 Å². The third-order valence-electron chi connectivity index (χ3n) is 4.73. The number of ether oxygens (including phenoxy) is 2. The highest BCUT2D eigenvalue weighted by molar-refractivity contribution is 9.10. The Kier molecular flexibility index (Phi) is 4.39. The second kappa shape index (κ2) is 6.74. The van der Waals surface area contributed by atoms with Crippen LogP contribution in [-0.2, 0) is 13.6 Å². The first-order valence-corrected chi connectivity index (χ1v) is 9.17. The minimum absolute atomic E-state index is 0.135. The fourth-order valence-electron chi connectivity index (χ4n) is 3.40. The van der Waals surface area contributed by atoms with Crippen LogP contribution in [0.2, 0.25) is 0 Å². The summed E-state index contributed by atoms with van der Waals surface area (Å²) < 4.78 is 15.1. The van der Waals surface area contributed by atoms with E-state index in [1.54, 1.807) is 20.4 Å². The molecule has 0 atom stereocenters. The number of halogens is 1. The van der Waals surface area contributed by atoms with Gasteiger partial charge in [0.1, 0.15) is 5.52 Å². The summed E-state index contributed by atoms with van der Waals surface area (Å²) >= 11 is 3.46. The molecular formula is C20H18BrN3O3. The van der Waals surface area contributed by atoms with Crippen LogP contribution in [0.5, 0.6) is 11.5 Å². The molecule has 0 aliphatic rings. The number of hydrogen-bond acceptors (Lipinski definition) is 4. The first kappa shape index (κ1) is 17.6. The lowest BCUT2D eigenvalue weighted by Crippen LogP contribution is -2.24. The van der Waals surface area contributed by atoms with E-state index >= 15 is 0 Å². The molecule has 0 radical (unpaired) electrons. The highest BCUT2D eigenvalue weighted by Gasteiger charge is 2.17. The Hall–Kier alpha value is -2.80. The molecule has 0 aliphatic carbocycles. The Morgan fingerprint density at radius 2 is 1.81 bits per heavy atom. The van der Waals surface area contributed by atoms with Gasteiger partial charge in [-0.25, -0.2) is 4.68 Å². The fraction of sp³-hybridized carbons (Fsp3) is 0.200. The predicted octanol–water partition coefficient (Wildman–Crippen LogP) is 3.72. The van der Waals surface area contributed by atoms with Gasteiger partial charge in [-0.1, -0.05) is 28.1 Å². The van der Waals surface area contributed by atoms with Gasteiger partial charge in [-0.05, 0) is 23.8 Å². The van der Waals surface area contributed by atoms with Gasteiger partial charge in [0.05, 0.1) is 32.5 Å². The lowest BCUT2D eigenvalue weighted by Gasteiger charge is -2.08. The molecule has 7 heteroatoms. The monoisotopic (exact) mass is 427 g/mol. The molecule has 0 fully saturated rings. The Bertz CT molecular complexity index is 1230. The molecule has 0 bridgehead atoms. The molecule has 2 heterocycles. The van der Waals surface area contributed by atoms with E-state index in [-0.39, 0.29) is 5.56 Å². The minimum atomic E-state index is -0.135. The second-order valence-electron chi connectivity index (χ2n) is 6.28. The number of hydrogen-bond donors (Lipinski definition) is 0. The van der Waals surface area contributed by atoms with Gasteiger partial charge < -0.3 is 14.0 Å². The Morgan fingerprint density at radius 1 is 1.07 bits per heavy atom. The van der Waals surface area contributed by atoms with E-state index in [2.05, 4.69) is 21.0 Å². The summed E-state index contributed by atoms with van der Waals surface area (Å²) in [7, 11) is 5.07. The van der Waals surface area contributed by atoms with E-state index in [4.69, 9.17) is 9.47 Å². The van der Waals surface area contributed by atoms with Crippen LogP contribution in [0.3, 0.4) is 0 Å². The Balaban J connectivity index is 1.93. The molecule has 6 nitrogen and oxygen atoms in total. The number of benzene rings is 2. The van der Waals surface area contributed by atoms with Crippen molar-refractivity contribution in [2.24, 2.45) is 7.05 Å². The molecule has 0 saturated carbocycles. The maximum absolute atomic E-state index is 13.1. The molecule has 0 N–H and O–H groups in total. The van der Waals surface area contributed by atoms with Crippen molar-refractivity contribution in [3.05, 3.63) is 63.0 Å². The Morgan fingerprint density at radius 3 is 2.52 bits per heavy atom. The highest BCUT2D eigenvalue weighted by atomic mass is 79.9. The predicted molar refractivity (Wildman–Crippen MR) is 109 cm³/mol. The van der Waals surface area contributed by atoms with Crippen molar-refractivity contribution in [2.75, 3.05) is 14.2 Å². The molecular weight excluding hydrogens is 410 g/mol. The van der Waals surface area contributed by atoms with E-state index in [9.17, 15) is 4.79 Å². The van der Waals surface area contributed by atoms with E-state index in [0.29, 0.717) is 23.6 Å². The molecule has 0 saturated heterocycles. The average Bonchev–Trinajstić information content (AvgIpc) is 2.95. The van der Waals surface area contributed by atoms with Crippen LogP contribution in [0.4, 0.5) is 0 Å². The third kappa shape index (κ3) is 2.88. The normalized spacial score (nSPS) is 11.3. The molecule has 0 unspecified atom stereocenters. The van der Waals surface area contributed by atoms with Crippen LogP contribution in [0.15, 0.2) is 51.9 Å². The topological polar surface area (TPSA) is 58.3 Å². The molecule has 0 aliphatic heterocycles. The SMILES string of the molecule is COc1cc2c3cnn(Cc4cccc(Br)c4)c(=O)c3n(C)c2cc1OC. The number of rotatable bonds is 4. The summed E-state index contributed by atoms with van der Waals surface area (Å²) in [6.45, 7) is 0.405. The maximum Gasteiger partial charge on any atom is 0.291 e. The number of fused-ring (bicyclic) bond motifs is 3. The average molecular weight is 428 g/mol. The number of nitrogens with zero attached hydrogens (tertiary/aromatic N) is 3. The zero-order valence-corrected chi connectivity index (χ0v) is 16.8. The third-order valence-corrected chi connectivity index (χ3v) is 5.22. The van der Waals surface area contributed by atoms with Gasteiger partial charge in [-0.15, -0.1) is 0 Å². The van der Waals surface area contributed by atoms with Crippen molar-refractivity contribution in [1.29, 1.82) is 0 Å². The largest absolute Gasteiger partial charge is 0.493 e. The van der Waals surface area contributed by atoms with Gasteiger partial charge in [0.2, 0.25) is 0 Å². The second-order valence-corrected chi connectivity index (χ2v) is 7.20. The van der Waals surface area contributed by atoms with Crippen LogP contribution in [0.1, 0.15) is 5.56 Å². The van der Waals surface area contributed by atoms with Crippen LogP contribution < -0.4 is 15.0 Å². The van der Waals surface area contributed by atoms with E-state index in [1.165, 1.54) is 4.68 Å². The molecule has 2 aromatic heterocycles. The van der Waals surface area contributed by atoms with Gasteiger partial charge in [0, 0.05) is 28.4 Å². The molecule has 4 aromatic rings. The van der Waals surface area contributed by atoms with Gasteiger partial charge >= 0.3 is 0 Å². The molecule has 0 spiro atoms. The number of methoxy groups -OCH3 is 2. The van der Waals surface area contributed by atoms with Crippen LogP contribution in [0.25, 0.3) is 21.8 Å². The number of aryl methyl sites for hydroxylation is 1. The first-order chi connectivity index (χ1) is 13.0. The fourth-order valence-corrected chi connectivity index (χ4v) is 3.85. The van der Waals surface area contributed by atoms with Crippen molar-refractivity contribution in [1.82, 2.24) is 14.3 Å². The maximum atomic E-state index is 13.1. The van der Waals surface area contributed by atoms with E-state index < -0.39 is 0 Å². The summed E-state index contributed by atoms with van der Waals surface area (Å²) in [5.41, 5.74) is 2.36. The van der Waals surface area contributed by atoms with Crippen LogP contribution in [0, 0.1) is 0 Å². The molecule has 0 amide bonds. The molecule has 2 aromatic carbocycles. The zero-order chi connectivity index (χ0) is 19.1. The minimum Gasteiger partial charge on any atom is -0.493 e. The standard InChI is InChI=1S/C20H18BrN3O3/c1-23-16-9-18(27-3)17(26-2)8-14(16)15-10-22-24(20(25)19(15)23)11-12-5-4-6-13(21)7-12/h4-10H,11H2,1-3H3.